The Morgan fingerprint density at radius 1 is 1.38 bits per heavy atom. The van der Waals surface area contributed by atoms with Gasteiger partial charge in [-0.15, -0.1) is 0 Å². The third-order valence-corrected chi connectivity index (χ3v) is 1.68. The molecule has 0 aromatic heterocycles. The first-order valence-electron chi connectivity index (χ1n) is 3.94. The Kier molecular flexibility index (Phi) is 7.55. The zero-order valence-corrected chi connectivity index (χ0v) is 10.8. The van der Waals surface area contributed by atoms with Crippen LogP contribution in [0, 0.1) is 5.92 Å². The first-order chi connectivity index (χ1) is 5.58. The van der Waals surface area contributed by atoms with Crippen LogP contribution in [0.15, 0.2) is 0 Å². The van der Waals surface area contributed by atoms with E-state index in [9.17, 15) is 12.9 Å². The Morgan fingerprint density at radius 3 is 2.54 bits per heavy atom. The first kappa shape index (κ1) is 14.4. The minimum Gasteiger partial charge on any atom is -0.447 e. The van der Waals surface area contributed by atoms with Crippen LogP contribution in [0.1, 0.15) is 6.42 Å². The molecule has 1 aliphatic rings. The van der Waals surface area contributed by atoms with Crippen LogP contribution >= 0.6 is 0 Å². The molecule has 1 aliphatic heterocycles. The Labute approximate surface area is 118 Å². The Morgan fingerprint density at radius 2 is 2.08 bits per heavy atom. The monoisotopic (exact) mass is 222 g/mol. The van der Waals surface area contributed by atoms with E-state index in [0.29, 0.717) is 13.2 Å². The minimum atomic E-state index is -4.79. The summed E-state index contributed by atoms with van der Waals surface area (Å²) in [5, 5.41) is 0. The fourth-order valence-corrected chi connectivity index (χ4v) is 1.08. The van der Waals surface area contributed by atoms with Crippen molar-refractivity contribution in [2.75, 3.05) is 26.3 Å². The molecule has 1 saturated heterocycles. The van der Waals surface area contributed by atoms with E-state index in [1.165, 1.54) is 0 Å². The zero-order valence-electron chi connectivity index (χ0n) is 7.64. The van der Waals surface area contributed by atoms with E-state index in [1.807, 2.05) is 0 Å². The maximum absolute atomic E-state index is 11.6. The summed E-state index contributed by atoms with van der Waals surface area (Å²) in [6.45, 7) is -4.53. The van der Waals surface area contributed by atoms with E-state index in [2.05, 4.69) is 4.74 Å². The summed E-state index contributed by atoms with van der Waals surface area (Å²) in [7, 11) is 0. The Hall–Kier alpha value is 1.41. The topological polar surface area (TPSA) is 18.5 Å². The Bertz CT molecular complexity index is 138. The van der Waals surface area contributed by atoms with Gasteiger partial charge in [0, 0.05) is 25.6 Å². The molecule has 72 valence electrons. The SMILES string of the molecule is F[B-](F)(F)COCC1CCOC1.[K+]. The van der Waals surface area contributed by atoms with Gasteiger partial charge in [0.05, 0.1) is 6.61 Å². The van der Waals surface area contributed by atoms with Crippen molar-refractivity contribution in [3.8, 4) is 0 Å². The Balaban J connectivity index is 0.00000144. The van der Waals surface area contributed by atoms with Crippen molar-refractivity contribution >= 4 is 6.98 Å². The van der Waals surface area contributed by atoms with Gasteiger partial charge in [-0.3, -0.25) is 0 Å². The smallest absolute Gasteiger partial charge is 0.447 e. The van der Waals surface area contributed by atoms with Crippen LogP contribution in [0.3, 0.4) is 0 Å². The summed E-state index contributed by atoms with van der Waals surface area (Å²) >= 11 is 0. The standard InChI is InChI=1S/C6H11BF3O2.K/c8-7(9,10)5-12-4-6-1-2-11-3-6;/h6H,1-5H2;/q-1;+1. The van der Waals surface area contributed by atoms with Gasteiger partial charge in [0.25, 0.3) is 0 Å². The van der Waals surface area contributed by atoms with Crippen molar-refractivity contribution in [3.05, 3.63) is 0 Å². The van der Waals surface area contributed by atoms with Crippen LogP contribution in [0.25, 0.3) is 0 Å². The third kappa shape index (κ3) is 7.35. The maximum atomic E-state index is 11.6. The average molecular weight is 222 g/mol. The summed E-state index contributed by atoms with van der Waals surface area (Å²) in [6, 6.07) is 0. The molecule has 1 heterocycles. The molecule has 0 amide bonds. The molecule has 1 fully saturated rings. The van der Waals surface area contributed by atoms with Crippen molar-refractivity contribution in [2.45, 2.75) is 6.42 Å². The van der Waals surface area contributed by atoms with E-state index < -0.39 is 13.5 Å². The second-order valence-electron chi connectivity index (χ2n) is 2.98. The van der Waals surface area contributed by atoms with Gasteiger partial charge in [0.1, 0.15) is 0 Å². The molecule has 0 aliphatic carbocycles. The molecular weight excluding hydrogens is 211 g/mol. The summed E-state index contributed by atoms with van der Waals surface area (Å²) in [4.78, 5) is 0. The van der Waals surface area contributed by atoms with Crippen molar-refractivity contribution < 1.29 is 73.8 Å². The zero-order chi connectivity index (χ0) is 9.03. The predicted octanol–water partition coefficient (Wildman–Crippen LogP) is -1.57. The summed E-state index contributed by atoms with van der Waals surface area (Å²) < 4.78 is 44.4. The fraction of sp³-hybridized carbons (Fsp3) is 1.00. The molecule has 1 atom stereocenters. The van der Waals surface area contributed by atoms with E-state index in [0.717, 1.165) is 6.42 Å². The van der Waals surface area contributed by atoms with Gasteiger partial charge in [-0.25, -0.2) is 0 Å². The molecule has 0 N–H and O–H groups in total. The predicted molar refractivity (Wildman–Crippen MR) is 38.8 cm³/mol. The van der Waals surface area contributed by atoms with Crippen molar-refractivity contribution in [2.24, 2.45) is 5.92 Å². The molecule has 7 heteroatoms. The number of hydrogen-bond donors (Lipinski definition) is 0. The normalized spacial score (nSPS) is 22.8. The van der Waals surface area contributed by atoms with Gasteiger partial charge in [-0.2, -0.15) is 0 Å². The number of hydrogen-bond acceptors (Lipinski definition) is 2. The van der Waals surface area contributed by atoms with Gasteiger partial charge in [0.15, 0.2) is 0 Å². The second-order valence-corrected chi connectivity index (χ2v) is 2.98. The number of rotatable bonds is 4. The van der Waals surface area contributed by atoms with E-state index in [4.69, 9.17) is 4.74 Å². The molecule has 0 aromatic carbocycles. The van der Waals surface area contributed by atoms with Gasteiger partial charge in [-0.1, -0.05) is 0 Å². The third-order valence-electron chi connectivity index (χ3n) is 1.68. The average Bonchev–Trinajstić information content (AvgIpc) is 2.36. The molecule has 0 spiro atoms. The van der Waals surface area contributed by atoms with Crippen molar-refractivity contribution in [3.63, 3.8) is 0 Å². The van der Waals surface area contributed by atoms with E-state index >= 15 is 0 Å². The van der Waals surface area contributed by atoms with E-state index in [-0.39, 0.29) is 63.9 Å². The molecular formula is C6H11BF3KO2. The van der Waals surface area contributed by atoms with Crippen LogP contribution in [-0.2, 0) is 9.47 Å². The molecule has 1 rings (SSSR count). The molecule has 2 nitrogen and oxygen atoms in total. The molecule has 13 heavy (non-hydrogen) atoms. The van der Waals surface area contributed by atoms with Gasteiger partial charge >= 0.3 is 58.4 Å². The van der Waals surface area contributed by atoms with Crippen LogP contribution < -0.4 is 51.4 Å². The first-order valence-corrected chi connectivity index (χ1v) is 3.94. The van der Waals surface area contributed by atoms with Gasteiger partial charge in [0.2, 0.25) is 0 Å². The second kappa shape index (κ2) is 6.81. The quantitative estimate of drug-likeness (QED) is 0.535. The van der Waals surface area contributed by atoms with Crippen LogP contribution in [-0.4, -0.2) is 33.3 Å². The van der Waals surface area contributed by atoms with Crippen LogP contribution in [0.4, 0.5) is 12.9 Å². The van der Waals surface area contributed by atoms with E-state index in [1.54, 1.807) is 0 Å². The summed E-state index contributed by atoms with van der Waals surface area (Å²) in [5.41, 5.74) is 0. The fourth-order valence-electron chi connectivity index (χ4n) is 1.08. The molecule has 0 aromatic rings. The number of halogens is 3. The van der Waals surface area contributed by atoms with Crippen LogP contribution in [0.5, 0.6) is 0 Å². The van der Waals surface area contributed by atoms with Gasteiger partial charge < -0.3 is 22.4 Å². The minimum absolute atomic E-state index is 0. The van der Waals surface area contributed by atoms with Crippen LogP contribution in [0.2, 0.25) is 0 Å². The van der Waals surface area contributed by atoms with Crippen molar-refractivity contribution in [1.82, 2.24) is 0 Å². The molecule has 0 radical (unpaired) electrons. The van der Waals surface area contributed by atoms with Crippen molar-refractivity contribution in [1.29, 1.82) is 0 Å². The summed E-state index contributed by atoms with van der Waals surface area (Å²) in [6.07, 6.45) is 0.810. The van der Waals surface area contributed by atoms with Gasteiger partial charge in [-0.05, 0) is 6.42 Å². The molecule has 0 bridgehead atoms. The largest absolute Gasteiger partial charge is 1.00 e. The molecule has 0 saturated carbocycles. The maximum Gasteiger partial charge on any atom is 1.00 e. The molecule has 1 unspecified atom stereocenters. The number of ether oxygens (including phenoxy) is 2. The summed E-state index contributed by atoms with van der Waals surface area (Å²) in [5.74, 6) is 0.156.